The minimum Gasteiger partial charge on any atom is -0.349 e. The number of aromatic nitrogens is 1. The van der Waals surface area contributed by atoms with Crippen molar-refractivity contribution >= 4 is 23.2 Å². The van der Waals surface area contributed by atoms with Gasteiger partial charge in [-0.15, -0.1) is 0 Å². The van der Waals surface area contributed by atoms with E-state index in [1.54, 1.807) is 0 Å². The van der Waals surface area contributed by atoms with Gasteiger partial charge in [0.05, 0.1) is 4.92 Å². The molecule has 1 unspecified atom stereocenters. The Morgan fingerprint density at radius 2 is 2.24 bits per heavy atom. The molecule has 1 amide bonds. The zero-order valence-electron chi connectivity index (χ0n) is 12.1. The zero-order chi connectivity index (χ0) is 15.6. The molecule has 114 valence electrons. The van der Waals surface area contributed by atoms with E-state index >= 15 is 0 Å². The summed E-state index contributed by atoms with van der Waals surface area (Å²) in [4.78, 5) is 26.4. The molecule has 21 heavy (non-hydrogen) atoms. The Bertz CT molecular complexity index is 575. The number of nitrogens with one attached hydrogen (secondary N) is 1. The smallest absolute Gasteiger partial charge is 0.300 e. The van der Waals surface area contributed by atoms with Crippen LogP contribution in [0.3, 0.4) is 0 Å². The number of carbonyl (C=O) groups is 1. The van der Waals surface area contributed by atoms with Crippen LogP contribution < -0.4 is 5.32 Å². The van der Waals surface area contributed by atoms with Crippen LogP contribution in [0, 0.1) is 15.5 Å². The largest absolute Gasteiger partial charge is 0.349 e. The molecule has 7 heteroatoms. The summed E-state index contributed by atoms with van der Waals surface area (Å²) in [6.07, 6.45) is 5.11. The van der Waals surface area contributed by atoms with E-state index < -0.39 is 10.8 Å². The molecular formula is C14H18ClN3O3. The summed E-state index contributed by atoms with van der Waals surface area (Å²) in [6.45, 7) is 4.20. The standard InChI is InChI=1S/C14H18ClN3O3/c1-14(2)6-4-3-5-11(14)17-13(19)9-7-12(15)16-8-10(9)18(20)21/h7-8,11H,3-6H2,1-2H3,(H,17,19). The third-order valence-electron chi connectivity index (χ3n) is 4.10. The normalized spacial score (nSPS) is 20.8. The summed E-state index contributed by atoms with van der Waals surface area (Å²) in [6, 6.07) is 1.25. The molecule has 0 radical (unpaired) electrons. The average molecular weight is 312 g/mol. The van der Waals surface area contributed by atoms with E-state index in [1.165, 1.54) is 6.07 Å². The van der Waals surface area contributed by atoms with Crippen molar-refractivity contribution < 1.29 is 9.72 Å². The number of rotatable bonds is 3. The van der Waals surface area contributed by atoms with Crippen LogP contribution >= 0.6 is 11.6 Å². The van der Waals surface area contributed by atoms with Gasteiger partial charge in [0, 0.05) is 6.04 Å². The Kier molecular flexibility index (Phi) is 4.46. The number of nitro groups is 1. The van der Waals surface area contributed by atoms with Crippen LogP contribution in [0.15, 0.2) is 12.3 Å². The van der Waals surface area contributed by atoms with E-state index in [0.29, 0.717) is 0 Å². The maximum Gasteiger partial charge on any atom is 0.300 e. The van der Waals surface area contributed by atoms with Gasteiger partial charge < -0.3 is 5.32 Å². The summed E-state index contributed by atoms with van der Waals surface area (Å²) in [5.41, 5.74) is -0.383. The number of hydrogen-bond donors (Lipinski definition) is 1. The molecule has 0 spiro atoms. The lowest BCUT2D eigenvalue weighted by Crippen LogP contribution is -2.46. The van der Waals surface area contributed by atoms with Gasteiger partial charge in [-0.1, -0.05) is 38.3 Å². The van der Waals surface area contributed by atoms with Crippen molar-refractivity contribution in [1.82, 2.24) is 10.3 Å². The molecule has 1 fully saturated rings. The Hall–Kier alpha value is -1.69. The lowest BCUT2D eigenvalue weighted by Gasteiger charge is -2.39. The Labute approximate surface area is 128 Å². The first-order valence-corrected chi connectivity index (χ1v) is 7.30. The van der Waals surface area contributed by atoms with Gasteiger partial charge in [0.2, 0.25) is 0 Å². The van der Waals surface area contributed by atoms with E-state index in [0.717, 1.165) is 31.9 Å². The molecule has 1 atom stereocenters. The third kappa shape index (κ3) is 3.50. The molecule has 0 aromatic carbocycles. The highest BCUT2D eigenvalue weighted by molar-refractivity contribution is 6.29. The van der Waals surface area contributed by atoms with Gasteiger partial charge in [-0.3, -0.25) is 14.9 Å². The molecule has 0 aliphatic heterocycles. The molecule has 0 saturated heterocycles. The topological polar surface area (TPSA) is 85.1 Å². The average Bonchev–Trinajstić information content (AvgIpc) is 2.40. The van der Waals surface area contributed by atoms with E-state index in [1.807, 2.05) is 0 Å². The second-order valence-corrected chi connectivity index (χ2v) is 6.43. The van der Waals surface area contributed by atoms with Crippen molar-refractivity contribution in [3.05, 3.63) is 33.1 Å². The van der Waals surface area contributed by atoms with Gasteiger partial charge >= 0.3 is 0 Å². The number of halogens is 1. The van der Waals surface area contributed by atoms with E-state index in [4.69, 9.17) is 11.6 Å². The quantitative estimate of drug-likeness (QED) is 0.527. The van der Waals surface area contributed by atoms with Crippen molar-refractivity contribution in [3.8, 4) is 0 Å². The first-order valence-electron chi connectivity index (χ1n) is 6.92. The van der Waals surface area contributed by atoms with Gasteiger partial charge in [0.15, 0.2) is 0 Å². The van der Waals surface area contributed by atoms with Gasteiger partial charge in [-0.05, 0) is 24.3 Å². The second kappa shape index (κ2) is 5.97. The van der Waals surface area contributed by atoms with E-state index in [9.17, 15) is 14.9 Å². The summed E-state index contributed by atoms with van der Waals surface area (Å²) in [5.74, 6) is -0.467. The summed E-state index contributed by atoms with van der Waals surface area (Å²) in [5, 5.41) is 14.0. The van der Waals surface area contributed by atoms with Crippen molar-refractivity contribution in [3.63, 3.8) is 0 Å². The highest BCUT2D eigenvalue weighted by atomic mass is 35.5. The molecule has 1 N–H and O–H groups in total. The van der Waals surface area contributed by atoms with Crippen LogP contribution in [0.5, 0.6) is 0 Å². The van der Waals surface area contributed by atoms with Crippen LogP contribution in [-0.4, -0.2) is 21.9 Å². The zero-order valence-corrected chi connectivity index (χ0v) is 12.8. The summed E-state index contributed by atoms with van der Waals surface area (Å²) in [7, 11) is 0. The van der Waals surface area contributed by atoms with Gasteiger partial charge in [-0.25, -0.2) is 4.98 Å². The molecule has 1 aliphatic rings. The van der Waals surface area contributed by atoms with E-state index in [2.05, 4.69) is 24.1 Å². The number of carbonyl (C=O) groups excluding carboxylic acids is 1. The molecule has 1 aromatic rings. The monoisotopic (exact) mass is 311 g/mol. The van der Waals surface area contributed by atoms with Gasteiger partial charge in [-0.2, -0.15) is 0 Å². The van der Waals surface area contributed by atoms with Crippen molar-refractivity contribution in [1.29, 1.82) is 0 Å². The second-order valence-electron chi connectivity index (χ2n) is 6.04. The first-order chi connectivity index (χ1) is 9.81. The molecule has 1 aromatic heterocycles. The predicted molar refractivity (Wildman–Crippen MR) is 79.4 cm³/mol. The fourth-order valence-corrected chi connectivity index (χ4v) is 2.91. The molecule has 1 heterocycles. The van der Waals surface area contributed by atoms with Crippen LogP contribution in [0.2, 0.25) is 5.15 Å². The first kappa shape index (κ1) is 15.7. The number of hydrogen-bond acceptors (Lipinski definition) is 4. The Morgan fingerprint density at radius 3 is 2.86 bits per heavy atom. The number of pyridine rings is 1. The molecule has 2 rings (SSSR count). The minimum absolute atomic E-state index is 0.00490. The molecular weight excluding hydrogens is 294 g/mol. The fourth-order valence-electron chi connectivity index (χ4n) is 2.75. The maximum atomic E-state index is 12.4. The number of amides is 1. The van der Waals surface area contributed by atoms with Crippen LogP contribution in [0.4, 0.5) is 5.69 Å². The van der Waals surface area contributed by atoms with Crippen LogP contribution in [-0.2, 0) is 0 Å². The van der Waals surface area contributed by atoms with Crippen molar-refractivity contribution in [2.24, 2.45) is 5.41 Å². The van der Waals surface area contributed by atoms with Crippen molar-refractivity contribution in [2.75, 3.05) is 0 Å². The molecule has 1 saturated carbocycles. The SMILES string of the molecule is CC1(C)CCCCC1NC(=O)c1cc(Cl)ncc1[N+](=O)[O-]. The molecule has 6 nitrogen and oxygen atoms in total. The Morgan fingerprint density at radius 1 is 1.52 bits per heavy atom. The lowest BCUT2D eigenvalue weighted by atomic mass is 9.73. The van der Waals surface area contributed by atoms with Crippen LogP contribution in [0.1, 0.15) is 49.9 Å². The fraction of sp³-hybridized carbons (Fsp3) is 0.571. The number of nitrogens with zero attached hydrogens (tertiary/aromatic N) is 2. The van der Waals surface area contributed by atoms with Gasteiger partial charge in [0.25, 0.3) is 11.6 Å². The Balaban J connectivity index is 2.24. The molecule has 1 aliphatic carbocycles. The van der Waals surface area contributed by atoms with Gasteiger partial charge in [0.1, 0.15) is 16.9 Å². The summed E-state index contributed by atoms with van der Waals surface area (Å²) >= 11 is 5.75. The minimum atomic E-state index is -0.621. The maximum absolute atomic E-state index is 12.4. The molecule has 0 bridgehead atoms. The predicted octanol–water partition coefficient (Wildman–Crippen LogP) is 3.34. The van der Waals surface area contributed by atoms with Crippen molar-refractivity contribution in [2.45, 2.75) is 45.6 Å². The highest BCUT2D eigenvalue weighted by Crippen LogP contribution is 2.35. The summed E-state index contributed by atoms with van der Waals surface area (Å²) < 4.78 is 0. The highest BCUT2D eigenvalue weighted by Gasteiger charge is 2.34. The van der Waals surface area contributed by atoms with E-state index in [-0.39, 0.29) is 27.9 Å². The van der Waals surface area contributed by atoms with Crippen LogP contribution in [0.25, 0.3) is 0 Å². The lowest BCUT2D eigenvalue weighted by molar-refractivity contribution is -0.385. The third-order valence-corrected chi connectivity index (χ3v) is 4.31.